The molecule has 5 aromatic rings. The molecule has 3 aromatic carbocycles. The monoisotopic (exact) mass is 950 g/mol. The third-order valence-corrected chi connectivity index (χ3v) is 11.5. The van der Waals surface area contributed by atoms with E-state index >= 15 is 0 Å². The number of nitrogens with zero attached hydrogens (tertiary/aromatic N) is 1. The quantitative estimate of drug-likeness (QED) is 0.0185. The molecule has 0 spiro atoms. The normalized spacial score (nSPS) is 13.8. The summed E-state index contributed by atoms with van der Waals surface area (Å²) in [4.78, 5) is 105. The molecule has 368 valence electrons. The van der Waals surface area contributed by atoms with E-state index in [1.165, 1.54) is 0 Å². The average Bonchev–Trinajstić information content (AvgIpc) is 3.94. The van der Waals surface area contributed by atoms with Crippen LogP contribution in [0.3, 0.4) is 0 Å². The van der Waals surface area contributed by atoms with E-state index in [1.54, 1.807) is 42.7 Å². The molecular formula is C48H62N12O9. The lowest BCUT2D eigenvalue weighted by Gasteiger charge is -2.27. The van der Waals surface area contributed by atoms with Gasteiger partial charge in [0, 0.05) is 66.4 Å². The van der Waals surface area contributed by atoms with Crippen LogP contribution < -0.4 is 49.5 Å². The molecule has 0 aliphatic heterocycles. The number of aliphatic imine (C=N–C) groups is 1. The molecule has 2 aromatic heterocycles. The van der Waals surface area contributed by atoms with Gasteiger partial charge >= 0.3 is 11.9 Å². The highest BCUT2D eigenvalue weighted by molar-refractivity contribution is 5.97. The lowest BCUT2D eigenvalue weighted by Crippen LogP contribution is -2.60. The number of aromatic nitrogens is 2. The minimum Gasteiger partial charge on any atom is -0.481 e. The fourth-order valence-electron chi connectivity index (χ4n) is 7.82. The molecule has 6 atom stereocenters. The van der Waals surface area contributed by atoms with Gasteiger partial charge < -0.3 is 69.7 Å². The number of carbonyl (C=O) groups is 7. The maximum atomic E-state index is 14.9. The third-order valence-electron chi connectivity index (χ3n) is 11.5. The van der Waals surface area contributed by atoms with Crippen LogP contribution in [0.25, 0.3) is 21.8 Å². The molecule has 5 amide bonds. The zero-order chi connectivity index (χ0) is 49.9. The fraction of sp³-hybridized carbons (Fsp3) is 0.375. The zero-order valence-corrected chi connectivity index (χ0v) is 38.1. The summed E-state index contributed by atoms with van der Waals surface area (Å²) in [5.74, 6) is -6.73. The molecule has 0 saturated heterocycles. The first kappa shape index (κ1) is 52.2. The average molecular weight is 951 g/mol. The smallest absolute Gasteiger partial charge is 0.326 e. The zero-order valence-electron chi connectivity index (χ0n) is 38.1. The lowest BCUT2D eigenvalue weighted by atomic mass is 10.00. The Morgan fingerprint density at radius 3 is 1.54 bits per heavy atom. The van der Waals surface area contributed by atoms with Crippen LogP contribution >= 0.6 is 0 Å². The van der Waals surface area contributed by atoms with Crippen molar-refractivity contribution in [2.24, 2.45) is 27.9 Å². The Morgan fingerprint density at radius 2 is 1.03 bits per heavy atom. The van der Waals surface area contributed by atoms with E-state index in [0.717, 1.165) is 21.8 Å². The number of benzene rings is 3. The van der Waals surface area contributed by atoms with Crippen LogP contribution in [0.1, 0.15) is 61.6 Å². The van der Waals surface area contributed by atoms with Gasteiger partial charge in [-0.2, -0.15) is 0 Å². The first-order chi connectivity index (χ1) is 33.1. The van der Waals surface area contributed by atoms with E-state index in [-0.39, 0.29) is 44.6 Å². The van der Waals surface area contributed by atoms with Crippen molar-refractivity contribution >= 4 is 69.2 Å². The predicted molar refractivity (Wildman–Crippen MR) is 259 cm³/mol. The fourth-order valence-corrected chi connectivity index (χ4v) is 7.82. The molecule has 21 heteroatoms. The molecule has 0 aliphatic carbocycles. The number of rotatable bonds is 28. The summed E-state index contributed by atoms with van der Waals surface area (Å²) >= 11 is 0. The number of aliphatic carboxylic acids is 2. The van der Waals surface area contributed by atoms with Crippen molar-refractivity contribution in [2.45, 2.75) is 100 Å². The highest BCUT2D eigenvalue weighted by Crippen LogP contribution is 2.22. The van der Waals surface area contributed by atoms with E-state index in [0.29, 0.717) is 42.5 Å². The Kier molecular flexibility index (Phi) is 19.6. The molecular weight excluding hydrogens is 889 g/mol. The maximum absolute atomic E-state index is 14.9. The Labute approximate surface area is 398 Å². The third kappa shape index (κ3) is 15.9. The van der Waals surface area contributed by atoms with E-state index in [1.807, 2.05) is 48.5 Å². The molecule has 2 heterocycles. The summed E-state index contributed by atoms with van der Waals surface area (Å²) in [5, 5.41) is 34.1. The standard InChI is InChI=1S/C48H62N12O9/c49-21-9-8-15-33(50)42(63)56-36(18-10-22-53-48(51)52)43(64)59-39(24-29-26-54-34-16-6-4-13-31(29)34)46(67)60-40(25-30-27-55-35-17-7-5-14-32(30)35)45(66)58-38(23-28-11-2-1-3-12-28)44(65)57-37(47(68)69)19-20-41(61)62/h1-7,11-14,16-17,26-27,33,36-40,54-55H,8-10,15,18-25,49-50H2,(H,56,63)(H,57,65)(H,58,66)(H,59,64)(H,60,67)(H,61,62)(H,68,69)(H4,51,52,53)/t33-,36-,37-,38-,39-,40-/m0/s1. The van der Waals surface area contributed by atoms with Gasteiger partial charge in [0.25, 0.3) is 0 Å². The summed E-state index contributed by atoms with van der Waals surface area (Å²) in [6, 6.07) is 15.4. The van der Waals surface area contributed by atoms with Gasteiger partial charge in [-0.1, -0.05) is 73.2 Å². The molecule has 21 nitrogen and oxygen atoms in total. The second-order valence-electron chi connectivity index (χ2n) is 16.7. The van der Waals surface area contributed by atoms with Gasteiger partial charge in [0.1, 0.15) is 30.2 Å². The predicted octanol–water partition coefficient (Wildman–Crippen LogP) is 0.560. The SMILES string of the molecule is NCCCC[C@H](N)C(=O)N[C@@H](CCCN=C(N)N)C(=O)N[C@@H](Cc1c[nH]c2ccccc12)C(=O)N[C@@H](Cc1c[nH]c2ccccc12)C(=O)N[C@@H](Cc1ccccc1)C(=O)N[C@@H](CCC(=O)O)C(=O)O. The van der Waals surface area contributed by atoms with Crippen molar-refractivity contribution < 1.29 is 43.8 Å². The number of amides is 5. The Balaban J connectivity index is 1.49. The number of fused-ring (bicyclic) bond motifs is 2. The first-order valence-corrected chi connectivity index (χ1v) is 22.7. The first-order valence-electron chi connectivity index (χ1n) is 22.7. The molecule has 69 heavy (non-hydrogen) atoms. The minimum absolute atomic E-state index is 0.0564. The van der Waals surface area contributed by atoms with Gasteiger partial charge in [0.2, 0.25) is 29.5 Å². The number of carboxylic acids is 2. The van der Waals surface area contributed by atoms with Crippen LogP contribution in [0.2, 0.25) is 0 Å². The highest BCUT2D eigenvalue weighted by atomic mass is 16.4. The summed E-state index contributed by atoms with van der Waals surface area (Å²) in [7, 11) is 0. The lowest BCUT2D eigenvalue weighted by molar-refractivity contribution is -0.143. The Bertz CT molecular complexity index is 2580. The number of nitrogens with two attached hydrogens (primary N) is 4. The van der Waals surface area contributed by atoms with Crippen LogP contribution in [0, 0.1) is 0 Å². The van der Waals surface area contributed by atoms with Gasteiger partial charge in [-0.3, -0.25) is 33.8 Å². The van der Waals surface area contributed by atoms with Gasteiger partial charge in [-0.05, 0) is 67.5 Å². The van der Waals surface area contributed by atoms with Crippen LogP contribution in [0.4, 0.5) is 0 Å². The minimum atomic E-state index is -1.59. The van der Waals surface area contributed by atoms with Gasteiger partial charge in [-0.25, -0.2) is 4.79 Å². The number of hydrogen-bond acceptors (Lipinski definition) is 10. The number of aromatic amines is 2. The van der Waals surface area contributed by atoms with E-state index in [2.05, 4.69) is 41.5 Å². The Hall–Kier alpha value is -7.78. The number of hydrogen-bond donors (Lipinski definition) is 13. The number of H-pyrrole nitrogens is 2. The summed E-state index contributed by atoms with van der Waals surface area (Å²) in [5.41, 5.74) is 26.3. The molecule has 0 unspecified atom stereocenters. The van der Waals surface area contributed by atoms with Crippen LogP contribution in [0.15, 0.2) is 96.2 Å². The van der Waals surface area contributed by atoms with Crippen molar-refractivity contribution in [3.05, 3.63) is 108 Å². The van der Waals surface area contributed by atoms with Crippen molar-refractivity contribution in [2.75, 3.05) is 13.1 Å². The molecule has 0 aliphatic rings. The highest BCUT2D eigenvalue weighted by Gasteiger charge is 2.34. The van der Waals surface area contributed by atoms with Gasteiger partial charge in [0.15, 0.2) is 5.96 Å². The number of carbonyl (C=O) groups excluding carboxylic acids is 5. The molecule has 5 rings (SSSR count). The number of guanidine groups is 1. The maximum Gasteiger partial charge on any atom is 0.326 e. The second-order valence-corrected chi connectivity index (χ2v) is 16.7. The van der Waals surface area contributed by atoms with Gasteiger partial charge in [-0.15, -0.1) is 0 Å². The van der Waals surface area contributed by atoms with Crippen molar-refractivity contribution in [1.29, 1.82) is 0 Å². The largest absolute Gasteiger partial charge is 0.481 e. The molecule has 0 saturated carbocycles. The van der Waals surface area contributed by atoms with Crippen LogP contribution in [0.5, 0.6) is 0 Å². The molecule has 17 N–H and O–H groups in total. The Morgan fingerprint density at radius 1 is 0.551 bits per heavy atom. The van der Waals surface area contributed by atoms with E-state index in [4.69, 9.17) is 22.9 Å². The summed E-state index contributed by atoms with van der Waals surface area (Å²) in [6.45, 7) is 0.554. The number of unbranched alkanes of at least 4 members (excludes halogenated alkanes) is 1. The van der Waals surface area contributed by atoms with E-state index in [9.17, 15) is 43.8 Å². The van der Waals surface area contributed by atoms with Crippen molar-refractivity contribution in [1.82, 2.24) is 36.6 Å². The van der Waals surface area contributed by atoms with Crippen LogP contribution in [-0.2, 0) is 52.8 Å². The van der Waals surface area contributed by atoms with Crippen molar-refractivity contribution in [3.63, 3.8) is 0 Å². The number of nitrogens with one attached hydrogen (secondary N) is 7. The number of para-hydroxylation sites is 2. The topological polar surface area (TPSA) is 368 Å². The molecule has 0 bridgehead atoms. The summed E-state index contributed by atoms with van der Waals surface area (Å²) in [6.07, 6.45) is 3.98. The second kappa shape index (κ2) is 25.9. The molecule has 0 radical (unpaired) electrons. The van der Waals surface area contributed by atoms with Crippen molar-refractivity contribution in [3.8, 4) is 0 Å². The summed E-state index contributed by atoms with van der Waals surface area (Å²) < 4.78 is 0. The van der Waals surface area contributed by atoms with Crippen LogP contribution in [-0.4, -0.2) is 117 Å². The van der Waals surface area contributed by atoms with Gasteiger partial charge in [0.05, 0.1) is 6.04 Å². The van der Waals surface area contributed by atoms with E-state index < -0.39 is 90.6 Å². The number of carboxylic acid groups (broad SMARTS) is 2. The molecule has 0 fully saturated rings.